The van der Waals surface area contributed by atoms with Crippen LogP contribution in [0.3, 0.4) is 0 Å². The highest BCUT2D eigenvalue weighted by molar-refractivity contribution is 5.46. The van der Waals surface area contributed by atoms with E-state index >= 15 is 0 Å². The zero-order chi connectivity index (χ0) is 11.3. The molecule has 0 aliphatic carbocycles. The quantitative estimate of drug-likeness (QED) is 0.727. The first-order valence-electron chi connectivity index (χ1n) is 4.99. The van der Waals surface area contributed by atoms with Crippen molar-refractivity contribution < 1.29 is 5.21 Å². The molecule has 0 aromatic carbocycles. The van der Waals surface area contributed by atoms with E-state index in [1.165, 1.54) is 5.06 Å². The number of nitrogens with zero attached hydrogens (tertiary/aromatic N) is 6. The summed E-state index contributed by atoms with van der Waals surface area (Å²) in [6, 6.07) is 0. The van der Waals surface area contributed by atoms with Crippen LogP contribution in [0, 0.1) is 0 Å². The molecule has 0 fully saturated rings. The van der Waals surface area contributed by atoms with Crippen molar-refractivity contribution >= 4 is 0 Å². The van der Waals surface area contributed by atoms with Gasteiger partial charge in [-0.1, -0.05) is 0 Å². The SMILES string of the molecule is Cn1cnc(-c2nc3c(n2C)CN(O)C3)n1. The normalized spacial score (nSPS) is 15.7. The topological polar surface area (TPSA) is 72.0 Å². The summed E-state index contributed by atoms with van der Waals surface area (Å²) in [6.45, 7) is 0.974. The molecular formula is C9H12N6O. The minimum absolute atomic E-state index is 0.468. The van der Waals surface area contributed by atoms with Gasteiger partial charge in [0.25, 0.3) is 0 Å². The van der Waals surface area contributed by atoms with E-state index in [0.29, 0.717) is 18.9 Å². The number of imidazole rings is 1. The fraction of sp³-hybridized carbons (Fsp3) is 0.444. The second-order valence-corrected chi connectivity index (χ2v) is 3.95. The third-order valence-corrected chi connectivity index (χ3v) is 2.76. The van der Waals surface area contributed by atoms with Crippen molar-refractivity contribution in [2.24, 2.45) is 14.1 Å². The second kappa shape index (κ2) is 3.13. The van der Waals surface area contributed by atoms with Crippen LogP contribution in [0.2, 0.25) is 0 Å². The monoisotopic (exact) mass is 220 g/mol. The van der Waals surface area contributed by atoms with Crippen LogP contribution in [-0.4, -0.2) is 34.6 Å². The average molecular weight is 220 g/mol. The minimum Gasteiger partial charge on any atom is -0.327 e. The lowest BCUT2D eigenvalue weighted by atomic mass is 10.4. The van der Waals surface area contributed by atoms with Crippen LogP contribution in [0.25, 0.3) is 11.6 Å². The van der Waals surface area contributed by atoms with Crippen molar-refractivity contribution in [2.75, 3.05) is 0 Å². The maximum Gasteiger partial charge on any atom is 0.217 e. The Balaban J connectivity index is 2.08. The Hall–Kier alpha value is -1.73. The van der Waals surface area contributed by atoms with E-state index < -0.39 is 0 Å². The molecule has 0 saturated heterocycles. The predicted molar refractivity (Wildman–Crippen MR) is 54.2 cm³/mol. The molecule has 7 nitrogen and oxygen atoms in total. The molecule has 3 heterocycles. The largest absolute Gasteiger partial charge is 0.327 e. The third kappa shape index (κ3) is 1.25. The summed E-state index contributed by atoms with van der Waals surface area (Å²) in [7, 11) is 3.74. The molecule has 2 aromatic rings. The Morgan fingerprint density at radius 3 is 2.75 bits per heavy atom. The molecule has 0 amide bonds. The molecule has 0 bridgehead atoms. The number of aryl methyl sites for hydroxylation is 1. The fourth-order valence-corrected chi connectivity index (χ4v) is 1.96. The van der Waals surface area contributed by atoms with Crippen LogP contribution < -0.4 is 0 Å². The third-order valence-electron chi connectivity index (χ3n) is 2.76. The molecule has 0 spiro atoms. The summed E-state index contributed by atoms with van der Waals surface area (Å²) in [5.74, 6) is 1.36. The Morgan fingerprint density at radius 2 is 2.12 bits per heavy atom. The zero-order valence-electron chi connectivity index (χ0n) is 9.12. The Bertz CT molecular complexity index is 542. The summed E-state index contributed by atoms with van der Waals surface area (Å²) in [4.78, 5) is 8.62. The highest BCUT2D eigenvalue weighted by Gasteiger charge is 2.26. The van der Waals surface area contributed by atoms with Gasteiger partial charge in [0.2, 0.25) is 5.82 Å². The average Bonchev–Trinajstić information content (AvgIpc) is 2.85. The Kier molecular flexibility index (Phi) is 1.86. The van der Waals surface area contributed by atoms with Gasteiger partial charge in [0, 0.05) is 14.1 Å². The van der Waals surface area contributed by atoms with E-state index in [-0.39, 0.29) is 0 Å². The number of hydrogen-bond donors (Lipinski definition) is 1. The molecule has 0 saturated carbocycles. The highest BCUT2D eigenvalue weighted by Crippen LogP contribution is 2.24. The van der Waals surface area contributed by atoms with Gasteiger partial charge < -0.3 is 9.77 Å². The number of fused-ring (bicyclic) bond motifs is 1. The molecule has 16 heavy (non-hydrogen) atoms. The van der Waals surface area contributed by atoms with Gasteiger partial charge in [-0.25, -0.2) is 9.97 Å². The first-order chi connectivity index (χ1) is 7.65. The van der Waals surface area contributed by atoms with Gasteiger partial charge in [-0.2, -0.15) is 5.06 Å². The lowest BCUT2D eigenvalue weighted by Gasteiger charge is -2.05. The molecule has 3 rings (SSSR count). The van der Waals surface area contributed by atoms with Crippen LogP contribution >= 0.6 is 0 Å². The molecular weight excluding hydrogens is 208 g/mol. The number of rotatable bonds is 1. The zero-order valence-corrected chi connectivity index (χ0v) is 9.12. The van der Waals surface area contributed by atoms with E-state index in [2.05, 4.69) is 15.1 Å². The van der Waals surface area contributed by atoms with Gasteiger partial charge in [0.1, 0.15) is 6.33 Å². The van der Waals surface area contributed by atoms with Gasteiger partial charge >= 0.3 is 0 Å². The summed E-state index contributed by atoms with van der Waals surface area (Å²) < 4.78 is 3.58. The molecule has 84 valence electrons. The summed E-state index contributed by atoms with van der Waals surface area (Å²) in [5, 5.41) is 14.8. The van der Waals surface area contributed by atoms with Gasteiger partial charge in [-0.15, -0.1) is 5.10 Å². The lowest BCUT2D eigenvalue weighted by molar-refractivity contribution is -0.0984. The smallest absolute Gasteiger partial charge is 0.217 e. The van der Waals surface area contributed by atoms with Gasteiger partial charge in [-0.05, 0) is 0 Å². The first kappa shape index (κ1) is 9.49. The molecule has 1 aliphatic rings. The van der Waals surface area contributed by atoms with Gasteiger partial charge in [0.15, 0.2) is 5.82 Å². The van der Waals surface area contributed by atoms with Crippen molar-refractivity contribution in [1.82, 2.24) is 29.4 Å². The van der Waals surface area contributed by atoms with Crippen LogP contribution in [-0.2, 0) is 27.2 Å². The number of aromatic nitrogens is 5. The molecule has 0 radical (unpaired) electrons. The maximum atomic E-state index is 9.37. The summed E-state index contributed by atoms with van der Waals surface area (Å²) >= 11 is 0. The molecule has 1 aliphatic heterocycles. The van der Waals surface area contributed by atoms with E-state index in [0.717, 1.165) is 17.2 Å². The van der Waals surface area contributed by atoms with Crippen molar-refractivity contribution in [3.8, 4) is 11.6 Å². The lowest BCUT2D eigenvalue weighted by Crippen LogP contribution is -2.12. The fourth-order valence-electron chi connectivity index (χ4n) is 1.96. The minimum atomic E-state index is 0.468. The standard InChI is InChI=1S/C9H12N6O/c1-13-5-10-8(12-13)9-11-6-3-15(16)4-7(6)14(9)2/h5,16H,3-4H2,1-2H3. The number of hydrogen-bond acceptors (Lipinski definition) is 5. The molecule has 7 heteroatoms. The summed E-state index contributed by atoms with van der Waals surface area (Å²) in [6.07, 6.45) is 1.65. The van der Waals surface area contributed by atoms with Crippen molar-refractivity contribution in [1.29, 1.82) is 0 Å². The second-order valence-electron chi connectivity index (χ2n) is 3.95. The van der Waals surface area contributed by atoms with Crippen molar-refractivity contribution in [3.05, 3.63) is 17.7 Å². The van der Waals surface area contributed by atoms with E-state index in [1.807, 2.05) is 18.7 Å². The van der Waals surface area contributed by atoms with Crippen LogP contribution in [0.4, 0.5) is 0 Å². The molecule has 1 N–H and O–H groups in total. The van der Waals surface area contributed by atoms with Crippen molar-refractivity contribution in [3.63, 3.8) is 0 Å². The van der Waals surface area contributed by atoms with E-state index in [1.54, 1.807) is 11.0 Å². The Labute approximate surface area is 91.9 Å². The molecule has 0 atom stereocenters. The van der Waals surface area contributed by atoms with Crippen LogP contribution in [0.1, 0.15) is 11.4 Å². The first-order valence-corrected chi connectivity index (χ1v) is 4.99. The highest BCUT2D eigenvalue weighted by atomic mass is 16.5. The summed E-state index contributed by atoms with van der Waals surface area (Å²) in [5.41, 5.74) is 1.91. The van der Waals surface area contributed by atoms with Crippen LogP contribution in [0.15, 0.2) is 6.33 Å². The molecule has 0 unspecified atom stereocenters. The van der Waals surface area contributed by atoms with Gasteiger partial charge in [-0.3, -0.25) is 4.68 Å². The predicted octanol–water partition coefficient (Wildman–Crippen LogP) is -0.0796. The Morgan fingerprint density at radius 1 is 1.31 bits per heavy atom. The number of hydroxylamine groups is 2. The van der Waals surface area contributed by atoms with Gasteiger partial charge in [0.05, 0.1) is 24.5 Å². The van der Waals surface area contributed by atoms with E-state index in [4.69, 9.17) is 0 Å². The van der Waals surface area contributed by atoms with Crippen molar-refractivity contribution in [2.45, 2.75) is 13.1 Å². The van der Waals surface area contributed by atoms with Crippen LogP contribution in [0.5, 0.6) is 0 Å². The molecule has 2 aromatic heterocycles. The van der Waals surface area contributed by atoms with E-state index in [9.17, 15) is 5.21 Å². The maximum absolute atomic E-state index is 9.37.